The zero-order valence-corrected chi connectivity index (χ0v) is 17.1. The Morgan fingerprint density at radius 2 is 2.00 bits per heavy atom. The van der Waals surface area contributed by atoms with Crippen LogP contribution in [0.25, 0.3) is 11.3 Å². The van der Waals surface area contributed by atoms with E-state index in [1.54, 1.807) is 28.4 Å². The highest BCUT2D eigenvalue weighted by molar-refractivity contribution is 7.11. The monoisotopic (exact) mass is 418 g/mol. The van der Waals surface area contributed by atoms with Gasteiger partial charge in [-0.05, 0) is 49.7 Å². The number of rotatable bonds is 3. The SMILES string of the molecule is Cc1nc(-c2ccc3c(c2)N(Cc2ccc(Cl)cc2Cl)C(=O)CO3)c(C)s1. The van der Waals surface area contributed by atoms with Gasteiger partial charge in [0.25, 0.3) is 5.91 Å². The molecule has 27 heavy (non-hydrogen) atoms. The number of halogens is 2. The van der Waals surface area contributed by atoms with E-state index in [0.29, 0.717) is 22.3 Å². The Kier molecular flexibility index (Phi) is 4.84. The summed E-state index contributed by atoms with van der Waals surface area (Å²) in [6.07, 6.45) is 0. The van der Waals surface area contributed by atoms with Gasteiger partial charge < -0.3 is 9.64 Å². The van der Waals surface area contributed by atoms with E-state index in [9.17, 15) is 4.79 Å². The summed E-state index contributed by atoms with van der Waals surface area (Å²) >= 11 is 14.0. The summed E-state index contributed by atoms with van der Waals surface area (Å²) in [5, 5.41) is 2.11. The molecule has 0 N–H and O–H groups in total. The maximum absolute atomic E-state index is 12.6. The van der Waals surface area contributed by atoms with E-state index in [2.05, 4.69) is 4.98 Å². The van der Waals surface area contributed by atoms with Crippen LogP contribution in [0.5, 0.6) is 5.75 Å². The first-order valence-electron chi connectivity index (χ1n) is 8.38. The van der Waals surface area contributed by atoms with Crippen LogP contribution in [0.15, 0.2) is 36.4 Å². The molecule has 0 saturated carbocycles. The molecule has 0 bridgehead atoms. The molecular formula is C20H16Cl2N2O2S. The highest BCUT2D eigenvalue weighted by Gasteiger charge is 2.27. The van der Waals surface area contributed by atoms with Crippen molar-refractivity contribution in [3.63, 3.8) is 0 Å². The maximum atomic E-state index is 12.6. The molecule has 7 heteroatoms. The Morgan fingerprint density at radius 1 is 1.19 bits per heavy atom. The van der Waals surface area contributed by atoms with Crippen LogP contribution in [-0.2, 0) is 11.3 Å². The number of thiazole rings is 1. The fourth-order valence-corrected chi connectivity index (χ4v) is 4.45. The highest BCUT2D eigenvalue weighted by Crippen LogP contribution is 2.38. The Morgan fingerprint density at radius 3 is 2.70 bits per heavy atom. The number of carbonyl (C=O) groups is 1. The van der Waals surface area contributed by atoms with Crippen LogP contribution in [0, 0.1) is 13.8 Å². The second-order valence-electron chi connectivity index (χ2n) is 6.32. The van der Waals surface area contributed by atoms with Gasteiger partial charge in [0.05, 0.1) is 22.9 Å². The van der Waals surface area contributed by atoms with Crippen molar-refractivity contribution in [2.24, 2.45) is 0 Å². The van der Waals surface area contributed by atoms with Gasteiger partial charge in [-0.25, -0.2) is 4.98 Å². The van der Waals surface area contributed by atoms with Crippen LogP contribution in [-0.4, -0.2) is 17.5 Å². The van der Waals surface area contributed by atoms with Gasteiger partial charge >= 0.3 is 0 Å². The number of nitrogens with zero attached hydrogens (tertiary/aromatic N) is 2. The molecule has 2 heterocycles. The molecule has 4 nitrogen and oxygen atoms in total. The molecule has 138 valence electrons. The zero-order chi connectivity index (χ0) is 19.1. The highest BCUT2D eigenvalue weighted by atomic mass is 35.5. The van der Waals surface area contributed by atoms with Crippen LogP contribution < -0.4 is 9.64 Å². The third kappa shape index (κ3) is 3.55. The zero-order valence-electron chi connectivity index (χ0n) is 14.8. The fourth-order valence-electron chi connectivity index (χ4n) is 3.14. The average Bonchev–Trinajstić information content (AvgIpc) is 2.97. The van der Waals surface area contributed by atoms with Crippen molar-refractivity contribution in [2.75, 3.05) is 11.5 Å². The van der Waals surface area contributed by atoms with Crippen LogP contribution in [0.1, 0.15) is 15.4 Å². The normalized spacial score (nSPS) is 13.5. The molecule has 0 unspecified atom stereocenters. The van der Waals surface area contributed by atoms with Crippen molar-refractivity contribution >= 4 is 46.1 Å². The van der Waals surface area contributed by atoms with E-state index in [0.717, 1.165) is 32.4 Å². The van der Waals surface area contributed by atoms with Gasteiger partial charge in [-0.2, -0.15) is 0 Å². The third-order valence-corrected chi connectivity index (χ3v) is 5.90. The number of hydrogen-bond donors (Lipinski definition) is 0. The second kappa shape index (κ2) is 7.15. The van der Waals surface area contributed by atoms with E-state index in [1.807, 2.05) is 38.1 Å². The van der Waals surface area contributed by atoms with Gasteiger partial charge in [0.2, 0.25) is 0 Å². The quantitative estimate of drug-likeness (QED) is 0.550. The first-order chi connectivity index (χ1) is 12.9. The van der Waals surface area contributed by atoms with E-state index in [1.165, 1.54) is 0 Å². The topological polar surface area (TPSA) is 42.4 Å². The summed E-state index contributed by atoms with van der Waals surface area (Å²) in [6, 6.07) is 11.1. The van der Waals surface area contributed by atoms with Crippen LogP contribution >= 0.6 is 34.5 Å². The molecule has 1 aliphatic rings. The Bertz CT molecular complexity index is 1050. The molecule has 0 atom stereocenters. The number of fused-ring (bicyclic) bond motifs is 1. The number of aryl methyl sites for hydroxylation is 2. The molecule has 1 amide bonds. The average molecular weight is 419 g/mol. The predicted molar refractivity (Wildman–Crippen MR) is 110 cm³/mol. The van der Waals surface area contributed by atoms with Crippen LogP contribution in [0.3, 0.4) is 0 Å². The Balaban J connectivity index is 1.75. The molecular weight excluding hydrogens is 403 g/mol. The smallest absolute Gasteiger partial charge is 0.265 e. The molecule has 0 aliphatic carbocycles. The lowest BCUT2D eigenvalue weighted by molar-refractivity contribution is -0.121. The molecule has 0 spiro atoms. The lowest BCUT2D eigenvalue weighted by atomic mass is 10.1. The van der Waals surface area contributed by atoms with Crippen molar-refractivity contribution in [1.82, 2.24) is 4.98 Å². The molecule has 0 fully saturated rings. The van der Waals surface area contributed by atoms with E-state index in [-0.39, 0.29) is 12.5 Å². The minimum Gasteiger partial charge on any atom is -0.482 e. The van der Waals surface area contributed by atoms with Gasteiger partial charge in [0, 0.05) is 20.5 Å². The van der Waals surface area contributed by atoms with Gasteiger partial charge in [-0.3, -0.25) is 4.79 Å². The summed E-state index contributed by atoms with van der Waals surface area (Å²) in [4.78, 5) is 20.0. The molecule has 3 aromatic rings. The number of ether oxygens (including phenoxy) is 1. The standard InChI is InChI=1S/C20H16Cl2N2O2S/c1-11-20(23-12(2)27-11)13-4-6-18-17(7-13)24(19(25)10-26-18)9-14-3-5-15(21)8-16(14)22/h3-8H,9-10H2,1-2H3. The summed E-state index contributed by atoms with van der Waals surface area (Å²) in [5.74, 6) is 0.560. The maximum Gasteiger partial charge on any atom is 0.265 e. The van der Waals surface area contributed by atoms with E-state index >= 15 is 0 Å². The second-order valence-corrected chi connectivity index (χ2v) is 8.58. The lowest BCUT2D eigenvalue weighted by Gasteiger charge is -2.30. The first kappa shape index (κ1) is 18.3. The third-order valence-electron chi connectivity index (χ3n) is 4.42. The predicted octanol–water partition coefficient (Wildman–Crippen LogP) is 5.66. The molecule has 0 saturated heterocycles. The van der Waals surface area contributed by atoms with Gasteiger partial charge in [0.1, 0.15) is 5.75 Å². The van der Waals surface area contributed by atoms with Crippen molar-refractivity contribution < 1.29 is 9.53 Å². The van der Waals surface area contributed by atoms with Crippen molar-refractivity contribution in [2.45, 2.75) is 20.4 Å². The minimum atomic E-state index is -0.114. The molecule has 1 aromatic heterocycles. The van der Waals surface area contributed by atoms with Gasteiger partial charge in [0.15, 0.2) is 6.61 Å². The molecule has 2 aromatic carbocycles. The molecule has 0 radical (unpaired) electrons. The lowest BCUT2D eigenvalue weighted by Crippen LogP contribution is -2.38. The van der Waals surface area contributed by atoms with Crippen molar-refractivity contribution in [1.29, 1.82) is 0 Å². The Labute approximate surface area is 171 Å². The number of amides is 1. The Hall–Kier alpha value is -2.08. The number of aromatic nitrogens is 1. The fraction of sp³-hybridized carbons (Fsp3) is 0.200. The largest absolute Gasteiger partial charge is 0.482 e. The van der Waals surface area contributed by atoms with Crippen molar-refractivity contribution in [3.8, 4) is 17.0 Å². The van der Waals surface area contributed by atoms with Gasteiger partial charge in [-0.1, -0.05) is 29.3 Å². The molecule has 4 rings (SSSR count). The minimum absolute atomic E-state index is 0.00634. The van der Waals surface area contributed by atoms with Crippen LogP contribution in [0.4, 0.5) is 5.69 Å². The number of benzene rings is 2. The number of hydrogen-bond acceptors (Lipinski definition) is 4. The van der Waals surface area contributed by atoms with Gasteiger partial charge in [-0.15, -0.1) is 11.3 Å². The summed E-state index contributed by atoms with van der Waals surface area (Å²) in [5.41, 5.74) is 3.44. The summed E-state index contributed by atoms with van der Waals surface area (Å²) in [7, 11) is 0. The van der Waals surface area contributed by atoms with E-state index in [4.69, 9.17) is 27.9 Å². The summed E-state index contributed by atoms with van der Waals surface area (Å²) in [6.45, 7) is 4.39. The van der Waals surface area contributed by atoms with Crippen LogP contribution in [0.2, 0.25) is 10.0 Å². The molecule has 1 aliphatic heterocycles. The number of anilines is 1. The van der Waals surface area contributed by atoms with E-state index < -0.39 is 0 Å². The van der Waals surface area contributed by atoms with Crippen molar-refractivity contribution in [3.05, 3.63) is 61.9 Å². The number of carbonyl (C=O) groups excluding carboxylic acids is 1. The first-order valence-corrected chi connectivity index (χ1v) is 9.95. The summed E-state index contributed by atoms with van der Waals surface area (Å²) < 4.78 is 5.62.